The first kappa shape index (κ1) is 25.5. The smallest absolute Gasteiger partial charge is 0.430 e. The lowest BCUT2D eigenvalue weighted by atomic mass is 10.2. The number of halogens is 8. The Labute approximate surface area is 193 Å². The number of amides is 1. The Balaban J connectivity index is 1.85. The normalized spacial score (nSPS) is 20.2. The van der Waals surface area contributed by atoms with Gasteiger partial charge < -0.3 is 19.7 Å². The molecule has 0 unspecified atom stereocenters. The summed E-state index contributed by atoms with van der Waals surface area (Å²) in [5.41, 5.74) is -1.05. The molecule has 18 heteroatoms. The second-order valence-corrected chi connectivity index (χ2v) is 7.24. The summed E-state index contributed by atoms with van der Waals surface area (Å²) in [6, 6.07) is 0. The number of fused-ring (bicyclic) bond motifs is 1. The summed E-state index contributed by atoms with van der Waals surface area (Å²) in [6.07, 6.45) is -8.06. The van der Waals surface area contributed by atoms with Gasteiger partial charge in [-0.25, -0.2) is 18.2 Å². The standard InChI is InChI=1S/C18H11F8N5O5/c19-7-8(20)10(22)13(11(23)9(7)21)36-15-12-14(28-17(29-15)30-16(34)18(24,25)26)31(3-27-12)6-1-4(33)5(2-32)35-6/h3-6,32-33H,1-2H2,(H,28,29,30,34)/t4-,5+,6+/m0/s1. The van der Waals surface area contributed by atoms with Crippen molar-refractivity contribution in [3.63, 3.8) is 0 Å². The number of ether oxygens (including phenoxy) is 2. The molecule has 3 heterocycles. The lowest BCUT2D eigenvalue weighted by molar-refractivity contribution is -0.167. The summed E-state index contributed by atoms with van der Waals surface area (Å²) in [7, 11) is 0. The van der Waals surface area contributed by atoms with Crippen LogP contribution >= 0.6 is 0 Å². The van der Waals surface area contributed by atoms with Crippen molar-refractivity contribution in [1.29, 1.82) is 0 Å². The van der Waals surface area contributed by atoms with Gasteiger partial charge in [0.05, 0.1) is 19.0 Å². The van der Waals surface area contributed by atoms with Crippen molar-refractivity contribution < 1.29 is 59.6 Å². The number of hydrogen-bond acceptors (Lipinski definition) is 8. The molecule has 3 aromatic rings. The van der Waals surface area contributed by atoms with Crippen LogP contribution in [0.4, 0.5) is 41.1 Å². The second kappa shape index (κ2) is 9.10. The predicted molar refractivity (Wildman–Crippen MR) is 97.9 cm³/mol. The molecule has 1 saturated heterocycles. The molecule has 1 aliphatic heterocycles. The van der Waals surface area contributed by atoms with E-state index in [4.69, 9.17) is 9.47 Å². The molecule has 10 nitrogen and oxygen atoms in total. The minimum atomic E-state index is -5.42. The van der Waals surface area contributed by atoms with Gasteiger partial charge in [-0.2, -0.15) is 31.9 Å². The number of hydrogen-bond donors (Lipinski definition) is 3. The molecule has 194 valence electrons. The van der Waals surface area contributed by atoms with Crippen LogP contribution in [0.3, 0.4) is 0 Å². The summed E-state index contributed by atoms with van der Waals surface area (Å²) >= 11 is 0. The summed E-state index contributed by atoms with van der Waals surface area (Å²) < 4.78 is 118. The summed E-state index contributed by atoms with van der Waals surface area (Å²) in [4.78, 5) is 22.1. The molecule has 4 rings (SSSR count). The van der Waals surface area contributed by atoms with Crippen molar-refractivity contribution in [2.75, 3.05) is 11.9 Å². The average Bonchev–Trinajstić information content (AvgIpc) is 3.41. The van der Waals surface area contributed by atoms with Crippen molar-refractivity contribution in [2.24, 2.45) is 0 Å². The molecule has 36 heavy (non-hydrogen) atoms. The Bertz CT molecular complexity index is 1320. The summed E-state index contributed by atoms with van der Waals surface area (Å²) in [5.74, 6) is -18.8. The zero-order chi connectivity index (χ0) is 26.5. The van der Waals surface area contributed by atoms with Crippen molar-refractivity contribution >= 4 is 23.0 Å². The predicted octanol–water partition coefficient (Wildman–Crippen LogP) is 2.46. The number of imidazole rings is 1. The van der Waals surface area contributed by atoms with Gasteiger partial charge >= 0.3 is 12.1 Å². The SMILES string of the molecule is O=C(Nc1nc(Oc2c(F)c(F)c(F)c(F)c2F)c2ncn([C@H]3C[C@H](O)[C@@H](CO)O3)c2n1)C(F)(F)F. The summed E-state index contributed by atoms with van der Waals surface area (Å²) in [6.45, 7) is -0.610. The van der Waals surface area contributed by atoms with Crippen molar-refractivity contribution in [3.8, 4) is 11.6 Å². The number of aliphatic hydroxyl groups excluding tert-OH is 2. The lowest BCUT2D eigenvalue weighted by Gasteiger charge is -2.15. The second-order valence-electron chi connectivity index (χ2n) is 7.24. The third-order valence-corrected chi connectivity index (χ3v) is 4.93. The van der Waals surface area contributed by atoms with Crippen LogP contribution in [-0.2, 0) is 9.53 Å². The largest absolute Gasteiger partial charge is 0.471 e. The molecule has 3 N–H and O–H groups in total. The van der Waals surface area contributed by atoms with Gasteiger partial charge in [0.1, 0.15) is 12.3 Å². The minimum Gasteiger partial charge on any atom is -0.430 e. The number of benzene rings is 1. The van der Waals surface area contributed by atoms with E-state index in [0.717, 1.165) is 10.9 Å². The maximum Gasteiger partial charge on any atom is 0.471 e. The molecule has 0 radical (unpaired) electrons. The zero-order valence-corrected chi connectivity index (χ0v) is 17.2. The van der Waals surface area contributed by atoms with Gasteiger partial charge in [0.15, 0.2) is 11.2 Å². The fourth-order valence-corrected chi connectivity index (χ4v) is 3.22. The Morgan fingerprint density at radius 3 is 2.28 bits per heavy atom. The molecule has 0 bridgehead atoms. The summed E-state index contributed by atoms with van der Waals surface area (Å²) in [5, 5.41) is 20.4. The van der Waals surface area contributed by atoms with E-state index in [1.807, 2.05) is 0 Å². The van der Waals surface area contributed by atoms with E-state index >= 15 is 0 Å². The van der Waals surface area contributed by atoms with Crippen LogP contribution < -0.4 is 10.1 Å². The van der Waals surface area contributed by atoms with E-state index in [9.17, 15) is 50.1 Å². The highest BCUT2D eigenvalue weighted by Crippen LogP contribution is 2.37. The molecular formula is C18H11F8N5O5. The average molecular weight is 529 g/mol. The number of nitrogens with one attached hydrogen (secondary N) is 1. The number of alkyl halides is 3. The number of aromatic nitrogens is 4. The first-order valence-corrected chi connectivity index (χ1v) is 9.59. The van der Waals surface area contributed by atoms with Crippen molar-refractivity contribution in [1.82, 2.24) is 19.5 Å². The van der Waals surface area contributed by atoms with Crippen molar-refractivity contribution in [3.05, 3.63) is 35.4 Å². The molecule has 1 aromatic carbocycles. The van der Waals surface area contributed by atoms with Gasteiger partial charge in [0, 0.05) is 6.42 Å². The first-order valence-electron chi connectivity index (χ1n) is 9.59. The highest BCUT2D eigenvalue weighted by molar-refractivity contribution is 5.94. The van der Waals surface area contributed by atoms with E-state index in [2.05, 4.69) is 15.0 Å². The van der Waals surface area contributed by atoms with Crippen LogP contribution in [0.25, 0.3) is 11.2 Å². The molecule has 3 atom stereocenters. The maximum atomic E-state index is 14.1. The van der Waals surface area contributed by atoms with Gasteiger partial charge in [0.25, 0.3) is 5.88 Å². The number of nitrogens with zero attached hydrogens (tertiary/aromatic N) is 4. The van der Waals surface area contributed by atoms with E-state index in [0.29, 0.717) is 0 Å². The van der Waals surface area contributed by atoms with Crippen LogP contribution in [0.5, 0.6) is 11.6 Å². The molecule has 0 spiro atoms. The van der Waals surface area contributed by atoms with Crippen LogP contribution in [0.15, 0.2) is 6.33 Å². The van der Waals surface area contributed by atoms with Crippen LogP contribution in [-0.4, -0.2) is 60.6 Å². The lowest BCUT2D eigenvalue weighted by Crippen LogP contribution is -2.30. The third kappa shape index (κ3) is 4.37. The number of carbonyl (C=O) groups excluding carboxylic acids is 1. The first-order chi connectivity index (χ1) is 16.8. The Morgan fingerprint density at radius 1 is 1.11 bits per heavy atom. The van der Waals surface area contributed by atoms with E-state index < -0.39 is 95.0 Å². The Kier molecular flexibility index (Phi) is 6.43. The van der Waals surface area contributed by atoms with Gasteiger partial charge in [-0.15, -0.1) is 0 Å². The molecule has 1 fully saturated rings. The quantitative estimate of drug-likeness (QED) is 0.261. The van der Waals surface area contributed by atoms with Gasteiger partial charge in [0.2, 0.25) is 40.8 Å². The van der Waals surface area contributed by atoms with Crippen LogP contribution in [0.2, 0.25) is 0 Å². The highest BCUT2D eigenvalue weighted by Gasteiger charge is 2.40. The van der Waals surface area contributed by atoms with Gasteiger partial charge in [-0.1, -0.05) is 0 Å². The molecule has 0 saturated carbocycles. The topological polar surface area (TPSA) is 132 Å². The Morgan fingerprint density at radius 2 is 1.72 bits per heavy atom. The van der Waals surface area contributed by atoms with Crippen molar-refractivity contribution in [2.45, 2.75) is 31.0 Å². The minimum absolute atomic E-state index is 0.182. The molecule has 0 aliphatic carbocycles. The molecule has 2 aromatic heterocycles. The van der Waals surface area contributed by atoms with E-state index in [-0.39, 0.29) is 6.42 Å². The maximum absolute atomic E-state index is 14.1. The highest BCUT2D eigenvalue weighted by atomic mass is 19.4. The van der Waals surface area contributed by atoms with Crippen LogP contribution in [0, 0.1) is 29.1 Å². The number of carbonyl (C=O) groups is 1. The van der Waals surface area contributed by atoms with Crippen LogP contribution in [0.1, 0.15) is 12.6 Å². The van der Waals surface area contributed by atoms with E-state index in [1.165, 1.54) is 5.32 Å². The number of anilines is 1. The van der Waals surface area contributed by atoms with Gasteiger partial charge in [-0.05, 0) is 0 Å². The number of rotatable bonds is 5. The van der Waals surface area contributed by atoms with E-state index in [1.54, 1.807) is 0 Å². The molecule has 1 amide bonds. The fourth-order valence-electron chi connectivity index (χ4n) is 3.22. The fraction of sp³-hybridized carbons (Fsp3) is 0.333. The van der Waals surface area contributed by atoms with Gasteiger partial charge in [-0.3, -0.25) is 14.7 Å². The number of aliphatic hydroxyl groups is 2. The third-order valence-electron chi connectivity index (χ3n) is 4.93. The Hall–Kier alpha value is -3.64. The zero-order valence-electron chi connectivity index (χ0n) is 17.2. The monoisotopic (exact) mass is 529 g/mol. The molecule has 1 aliphatic rings. The molecular weight excluding hydrogens is 518 g/mol.